The molecule has 21 heavy (non-hydrogen) atoms. The maximum atomic E-state index is 5.95. The average molecular weight is 320 g/mol. The Morgan fingerprint density at radius 1 is 1.38 bits per heavy atom. The molecule has 6 heteroatoms. The Morgan fingerprint density at radius 3 is 2.95 bits per heavy atom. The molecule has 0 saturated heterocycles. The number of hydrogen-bond acceptors (Lipinski definition) is 4. The van der Waals surface area contributed by atoms with Crippen molar-refractivity contribution in [3.05, 3.63) is 52.3 Å². The molecule has 0 aliphatic carbocycles. The summed E-state index contributed by atoms with van der Waals surface area (Å²) >= 11 is 7.57. The smallest absolute Gasteiger partial charge is 0.127 e. The molecule has 0 fully saturated rings. The highest BCUT2D eigenvalue weighted by atomic mass is 35.5. The zero-order valence-electron chi connectivity index (χ0n) is 11.7. The largest absolute Gasteiger partial charge is 0.488 e. The molecular formula is C15H14ClN3OS. The van der Waals surface area contributed by atoms with E-state index in [1.165, 1.54) is 0 Å². The summed E-state index contributed by atoms with van der Waals surface area (Å²) in [5.41, 5.74) is 2.01. The molecule has 2 heterocycles. The maximum absolute atomic E-state index is 5.95. The molecule has 0 spiro atoms. The Morgan fingerprint density at radius 2 is 2.24 bits per heavy atom. The van der Waals surface area contributed by atoms with Gasteiger partial charge in [0.2, 0.25) is 0 Å². The molecule has 0 unspecified atom stereocenters. The average Bonchev–Trinajstić information content (AvgIpc) is 3.03. The molecule has 4 nitrogen and oxygen atoms in total. The normalized spacial score (nSPS) is 10.8. The minimum atomic E-state index is 0.490. The fourth-order valence-corrected chi connectivity index (χ4v) is 3.05. The third kappa shape index (κ3) is 3.25. The summed E-state index contributed by atoms with van der Waals surface area (Å²) in [7, 11) is 1.90. The number of benzene rings is 1. The molecule has 0 amide bonds. The zero-order chi connectivity index (χ0) is 14.8. The van der Waals surface area contributed by atoms with E-state index < -0.39 is 0 Å². The van der Waals surface area contributed by atoms with E-state index in [9.17, 15) is 0 Å². The Bertz CT molecular complexity index is 766. The van der Waals surface area contributed by atoms with Crippen LogP contribution in [0.2, 0.25) is 5.02 Å². The van der Waals surface area contributed by atoms with Gasteiger partial charge in [0.25, 0.3) is 0 Å². The van der Waals surface area contributed by atoms with Crippen molar-refractivity contribution in [1.82, 2.24) is 14.8 Å². The van der Waals surface area contributed by atoms with Crippen molar-refractivity contribution < 1.29 is 4.74 Å². The van der Waals surface area contributed by atoms with Gasteiger partial charge in [-0.15, -0.1) is 11.3 Å². The first-order chi connectivity index (χ1) is 10.1. The maximum Gasteiger partial charge on any atom is 0.127 e. The summed E-state index contributed by atoms with van der Waals surface area (Å²) in [5, 5.41) is 5.81. The predicted octanol–water partition coefficient (Wildman–Crippen LogP) is 4.08. The van der Waals surface area contributed by atoms with Crippen LogP contribution in [0, 0.1) is 6.92 Å². The summed E-state index contributed by atoms with van der Waals surface area (Å²) in [6, 6.07) is 7.40. The van der Waals surface area contributed by atoms with Crippen molar-refractivity contribution in [2.75, 3.05) is 0 Å². The fourth-order valence-electron chi connectivity index (χ4n) is 1.92. The van der Waals surface area contributed by atoms with Crippen LogP contribution in [0.3, 0.4) is 0 Å². The monoisotopic (exact) mass is 319 g/mol. The van der Waals surface area contributed by atoms with Crippen LogP contribution in [-0.2, 0) is 13.7 Å². The second-order valence-corrected chi connectivity index (χ2v) is 6.20. The standard InChI is InChI=1S/C15H14ClN3OS/c1-10-14(9-20-13-5-3-4-12(16)6-13)21-15(18-10)11-7-17-19(2)8-11/h3-8H,9H2,1-2H3. The lowest BCUT2D eigenvalue weighted by molar-refractivity contribution is 0.309. The van der Waals surface area contributed by atoms with Crippen molar-refractivity contribution in [3.63, 3.8) is 0 Å². The predicted molar refractivity (Wildman–Crippen MR) is 84.8 cm³/mol. The van der Waals surface area contributed by atoms with Gasteiger partial charge >= 0.3 is 0 Å². The third-order valence-electron chi connectivity index (χ3n) is 3.01. The molecule has 0 saturated carbocycles. The summed E-state index contributed by atoms with van der Waals surface area (Å²) in [4.78, 5) is 5.69. The van der Waals surface area contributed by atoms with Gasteiger partial charge in [-0.25, -0.2) is 4.98 Å². The van der Waals surface area contributed by atoms with Crippen LogP contribution in [0.25, 0.3) is 10.6 Å². The molecule has 108 valence electrons. The van der Waals surface area contributed by atoms with Crippen molar-refractivity contribution in [1.29, 1.82) is 0 Å². The highest BCUT2D eigenvalue weighted by Gasteiger charge is 2.11. The molecular weight excluding hydrogens is 306 g/mol. The van der Waals surface area contributed by atoms with E-state index in [0.717, 1.165) is 26.9 Å². The van der Waals surface area contributed by atoms with E-state index >= 15 is 0 Å². The van der Waals surface area contributed by atoms with Crippen LogP contribution in [-0.4, -0.2) is 14.8 Å². The topological polar surface area (TPSA) is 39.9 Å². The SMILES string of the molecule is Cc1nc(-c2cnn(C)c2)sc1COc1cccc(Cl)c1. The highest BCUT2D eigenvalue weighted by molar-refractivity contribution is 7.15. The van der Waals surface area contributed by atoms with Crippen LogP contribution in [0.4, 0.5) is 0 Å². The van der Waals surface area contributed by atoms with E-state index in [0.29, 0.717) is 11.6 Å². The number of ether oxygens (including phenoxy) is 1. The van der Waals surface area contributed by atoms with E-state index in [1.807, 2.05) is 44.6 Å². The first-order valence-corrected chi connectivity index (χ1v) is 7.65. The number of aromatic nitrogens is 3. The molecule has 3 rings (SSSR count). The summed E-state index contributed by atoms with van der Waals surface area (Å²) in [6.07, 6.45) is 3.78. The number of rotatable bonds is 4. The molecule has 0 atom stereocenters. The molecule has 3 aromatic rings. The van der Waals surface area contributed by atoms with Gasteiger partial charge in [0.15, 0.2) is 0 Å². The number of hydrogen-bond donors (Lipinski definition) is 0. The van der Waals surface area contributed by atoms with Gasteiger partial charge < -0.3 is 4.74 Å². The summed E-state index contributed by atoms with van der Waals surface area (Å²) in [5.74, 6) is 0.762. The van der Waals surface area contributed by atoms with Crippen LogP contribution in [0.5, 0.6) is 5.75 Å². The first-order valence-electron chi connectivity index (χ1n) is 6.45. The van der Waals surface area contributed by atoms with E-state index in [1.54, 1.807) is 22.1 Å². The molecule has 0 radical (unpaired) electrons. The Balaban J connectivity index is 1.76. The third-order valence-corrected chi connectivity index (χ3v) is 4.43. The van der Waals surface area contributed by atoms with Crippen molar-refractivity contribution in [3.8, 4) is 16.3 Å². The van der Waals surface area contributed by atoms with Gasteiger partial charge in [0, 0.05) is 23.8 Å². The number of nitrogens with zero attached hydrogens (tertiary/aromatic N) is 3. The van der Waals surface area contributed by atoms with Crippen molar-refractivity contribution >= 4 is 22.9 Å². The van der Waals surface area contributed by atoms with Crippen LogP contribution < -0.4 is 4.74 Å². The van der Waals surface area contributed by atoms with Crippen LogP contribution >= 0.6 is 22.9 Å². The Hall–Kier alpha value is -1.85. The summed E-state index contributed by atoms with van der Waals surface area (Å²) in [6.45, 7) is 2.48. The number of halogens is 1. The van der Waals surface area contributed by atoms with Gasteiger partial charge in [0.05, 0.1) is 16.8 Å². The van der Waals surface area contributed by atoms with Crippen molar-refractivity contribution in [2.45, 2.75) is 13.5 Å². The van der Waals surface area contributed by atoms with Crippen LogP contribution in [0.15, 0.2) is 36.7 Å². The fraction of sp³-hybridized carbons (Fsp3) is 0.200. The van der Waals surface area contributed by atoms with Crippen molar-refractivity contribution in [2.24, 2.45) is 7.05 Å². The lowest BCUT2D eigenvalue weighted by Crippen LogP contribution is -1.94. The van der Waals surface area contributed by atoms with Gasteiger partial charge in [-0.1, -0.05) is 17.7 Å². The van der Waals surface area contributed by atoms with Gasteiger partial charge in [-0.05, 0) is 25.1 Å². The second kappa shape index (κ2) is 5.87. The minimum absolute atomic E-state index is 0.490. The number of thiazole rings is 1. The van der Waals surface area contributed by atoms with Gasteiger partial charge in [0.1, 0.15) is 17.4 Å². The van der Waals surface area contributed by atoms with Gasteiger partial charge in [-0.2, -0.15) is 5.10 Å². The van der Waals surface area contributed by atoms with E-state index in [-0.39, 0.29) is 0 Å². The minimum Gasteiger partial charge on any atom is -0.488 e. The lowest BCUT2D eigenvalue weighted by atomic mass is 10.3. The Labute approximate surface area is 132 Å². The van der Waals surface area contributed by atoms with E-state index in [2.05, 4.69) is 10.1 Å². The van der Waals surface area contributed by atoms with Gasteiger partial charge in [-0.3, -0.25) is 4.68 Å². The molecule has 0 aliphatic heterocycles. The molecule has 0 bridgehead atoms. The van der Waals surface area contributed by atoms with Crippen LogP contribution in [0.1, 0.15) is 10.6 Å². The first kappa shape index (κ1) is 14.1. The quantitative estimate of drug-likeness (QED) is 0.727. The van der Waals surface area contributed by atoms with E-state index in [4.69, 9.17) is 16.3 Å². The lowest BCUT2D eigenvalue weighted by Gasteiger charge is -2.04. The highest BCUT2D eigenvalue weighted by Crippen LogP contribution is 2.28. The Kier molecular flexibility index (Phi) is 3.94. The second-order valence-electron chi connectivity index (χ2n) is 4.68. The molecule has 0 aliphatic rings. The molecule has 1 aromatic carbocycles. The summed E-state index contributed by atoms with van der Waals surface area (Å²) < 4.78 is 7.55. The molecule has 2 aromatic heterocycles. The zero-order valence-corrected chi connectivity index (χ0v) is 13.3. The number of aryl methyl sites for hydroxylation is 2. The molecule has 0 N–H and O–H groups in total.